The Bertz CT molecular complexity index is 984. The molecule has 5 rings (SSSR count). The molecule has 0 spiro atoms. The number of aliphatic hydroxyl groups is 1. The zero-order valence-corrected chi connectivity index (χ0v) is 21.9. The van der Waals surface area contributed by atoms with Crippen LogP contribution in [0.2, 0.25) is 0 Å². The number of fused-ring (bicyclic) bond motifs is 7. The van der Waals surface area contributed by atoms with Crippen LogP contribution >= 0.6 is 11.8 Å². The Hall–Kier alpha value is -1.16. The van der Waals surface area contributed by atoms with Gasteiger partial charge < -0.3 is 14.6 Å². The molecule has 1 heterocycles. The molecule has 0 aromatic rings. The summed E-state index contributed by atoms with van der Waals surface area (Å²) in [4.78, 5) is 25.3. The first-order valence-corrected chi connectivity index (χ1v) is 13.3. The van der Waals surface area contributed by atoms with Gasteiger partial charge in [-0.2, -0.15) is 0 Å². The SMILES string of the molecule is CC.CC1(C)O[C@@H]2C[C@H]3[C@@H]4C[C@H](F)C5=CC(=O)C=C[C@]5(C)[C@@]4(F)[C@@H](O)CC3(C)[C@]2(C(=O)SCF)O1. The van der Waals surface area contributed by atoms with Crippen molar-refractivity contribution in [2.45, 2.75) is 96.2 Å². The summed E-state index contributed by atoms with van der Waals surface area (Å²) in [5.74, 6) is -3.04. The number of carbonyl (C=O) groups is 2. The summed E-state index contributed by atoms with van der Waals surface area (Å²) in [6.07, 6.45) is -0.298. The molecule has 4 fully saturated rings. The normalized spacial score (nSPS) is 49.1. The minimum Gasteiger partial charge on any atom is -0.390 e. The van der Waals surface area contributed by atoms with Gasteiger partial charge in [-0.25, -0.2) is 13.2 Å². The van der Waals surface area contributed by atoms with E-state index >= 15 is 8.78 Å². The van der Waals surface area contributed by atoms with E-state index < -0.39 is 75.0 Å². The number of hydrogen-bond acceptors (Lipinski definition) is 6. The minimum absolute atomic E-state index is 0.0435. The van der Waals surface area contributed by atoms with Crippen LogP contribution in [0.1, 0.15) is 60.8 Å². The van der Waals surface area contributed by atoms with Crippen molar-refractivity contribution in [2.75, 3.05) is 6.01 Å². The van der Waals surface area contributed by atoms with Crippen LogP contribution in [0.25, 0.3) is 0 Å². The van der Waals surface area contributed by atoms with Crippen molar-refractivity contribution in [1.29, 1.82) is 0 Å². The highest BCUT2D eigenvalue weighted by atomic mass is 32.2. The molecule has 0 aromatic heterocycles. The van der Waals surface area contributed by atoms with Gasteiger partial charge in [0.2, 0.25) is 5.12 Å². The number of hydrogen-bond donors (Lipinski definition) is 1. The predicted octanol–water partition coefficient (Wildman–Crippen LogP) is 5.02. The molecular formula is C26H35F3O5S. The van der Waals surface area contributed by atoms with Crippen LogP contribution in [0.5, 0.6) is 0 Å². The van der Waals surface area contributed by atoms with Crippen LogP contribution in [0.3, 0.4) is 0 Å². The lowest BCUT2D eigenvalue weighted by Gasteiger charge is -2.63. The average Bonchev–Trinajstić information content (AvgIpc) is 3.20. The predicted molar refractivity (Wildman–Crippen MR) is 127 cm³/mol. The van der Waals surface area contributed by atoms with Crippen molar-refractivity contribution in [1.82, 2.24) is 0 Å². The number of ketones is 1. The lowest BCUT2D eigenvalue weighted by Crippen LogP contribution is -2.70. The Kier molecular flexibility index (Phi) is 6.48. The monoisotopic (exact) mass is 516 g/mol. The number of ether oxygens (including phenoxy) is 2. The van der Waals surface area contributed by atoms with Crippen molar-refractivity contribution >= 4 is 22.7 Å². The van der Waals surface area contributed by atoms with Crippen LogP contribution in [0.15, 0.2) is 23.8 Å². The number of allylic oxidation sites excluding steroid dienone is 4. The van der Waals surface area contributed by atoms with Gasteiger partial charge in [-0.15, -0.1) is 0 Å². The third-order valence-corrected chi connectivity index (χ3v) is 9.78. The van der Waals surface area contributed by atoms with Gasteiger partial charge in [0.1, 0.15) is 12.2 Å². The molecule has 0 bridgehead atoms. The van der Waals surface area contributed by atoms with E-state index in [4.69, 9.17) is 9.47 Å². The fraction of sp³-hybridized carbons (Fsp3) is 0.769. The second-order valence-electron chi connectivity index (χ2n) is 11.0. The number of thioether (sulfide) groups is 1. The van der Waals surface area contributed by atoms with Crippen LogP contribution < -0.4 is 0 Å². The smallest absolute Gasteiger partial charge is 0.226 e. The number of aliphatic hydroxyl groups excluding tert-OH is 1. The lowest BCUT2D eigenvalue weighted by atomic mass is 9.44. The van der Waals surface area contributed by atoms with Crippen molar-refractivity contribution in [2.24, 2.45) is 22.7 Å². The molecule has 1 saturated heterocycles. The molecule has 1 aliphatic heterocycles. The van der Waals surface area contributed by atoms with Gasteiger partial charge in [-0.05, 0) is 63.7 Å². The fourth-order valence-electron chi connectivity index (χ4n) is 7.81. The van der Waals surface area contributed by atoms with E-state index in [1.165, 1.54) is 19.1 Å². The molecule has 0 amide bonds. The van der Waals surface area contributed by atoms with Crippen molar-refractivity contribution < 1.29 is 37.3 Å². The third kappa shape index (κ3) is 3.26. The largest absolute Gasteiger partial charge is 0.390 e. The summed E-state index contributed by atoms with van der Waals surface area (Å²) < 4.78 is 58.2. The number of carbonyl (C=O) groups excluding carboxylic acids is 2. The van der Waals surface area contributed by atoms with Crippen molar-refractivity contribution in [3.05, 3.63) is 23.8 Å². The molecule has 5 nitrogen and oxygen atoms in total. The maximum Gasteiger partial charge on any atom is 0.226 e. The second-order valence-corrected chi connectivity index (χ2v) is 11.9. The molecule has 9 heteroatoms. The highest BCUT2D eigenvalue weighted by Crippen LogP contribution is 2.72. The van der Waals surface area contributed by atoms with Gasteiger partial charge in [0.25, 0.3) is 0 Å². The standard InChI is InChI=1S/C24H29F3O5S.C2H6/c1-20(2)31-18-9-13-14-8-16(26)15-7-12(28)5-6-21(15,3)23(14,27)17(29)10-22(13,4)24(18,32-20)19(30)33-11-25;1-2/h5-7,13-14,16-18,29H,8-11H2,1-4H3;1-2H3/t13-,14-,16-,17-,18+,21-,22?,23-,24-;/m0./s1. The molecule has 3 saturated carbocycles. The van der Waals surface area contributed by atoms with Gasteiger partial charge >= 0.3 is 0 Å². The van der Waals surface area contributed by atoms with E-state index in [0.717, 1.165) is 6.08 Å². The van der Waals surface area contributed by atoms with E-state index in [0.29, 0.717) is 11.8 Å². The number of halogens is 3. The molecule has 1 unspecified atom stereocenters. The lowest BCUT2D eigenvalue weighted by molar-refractivity contribution is -0.246. The minimum atomic E-state index is -2.26. The molecule has 35 heavy (non-hydrogen) atoms. The van der Waals surface area contributed by atoms with E-state index in [1.807, 2.05) is 13.8 Å². The summed E-state index contributed by atoms with van der Waals surface area (Å²) in [6, 6.07) is -0.950. The summed E-state index contributed by atoms with van der Waals surface area (Å²) in [6.45, 7) is 10.6. The first kappa shape index (κ1) is 26.9. The molecule has 4 aliphatic carbocycles. The average molecular weight is 517 g/mol. The maximum absolute atomic E-state index is 17.2. The third-order valence-electron chi connectivity index (χ3n) is 9.11. The zero-order chi connectivity index (χ0) is 26.2. The van der Waals surface area contributed by atoms with Crippen LogP contribution in [0.4, 0.5) is 13.2 Å². The molecule has 5 aliphatic rings. The van der Waals surface area contributed by atoms with E-state index in [1.54, 1.807) is 20.8 Å². The fourth-order valence-corrected chi connectivity index (χ4v) is 8.53. The number of alkyl halides is 3. The Morgan fingerprint density at radius 3 is 2.49 bits per heavy atom. The molecule has 0 radical (unpaired) electrons. The number of rotatable bonds is 2. The Morgan fingerprint density at radius 2 is 1.86 bits per heavy atom. The topological polar surface area (TPSA) is 72.8 Å². The van der Waals surface area contributed by atoms with Gasteiger partial charge in [0.15, 0.2) is 22.8 Å². The molecule has 9 atom stereocenters. The zero-order valence-electron chi connectivity index (χ0n) is 21.1. The quantitative estimate of drug-likeness (QED) is 0.556. The van der Waals surface area contributed by atoms with E-state index in [9.17, 15) is 19.1 Å². The Morgan fingerprint density at radius 1 is 1.20 bits per heavy atom. The highest BCUT2D eigenvalue weighted by Gasteiger charge is 2.80. The summed E-state index contributed by atoms with van der Waals surface area (Å²) in [7, 11) is 0. The molecular weight excluding hydrogens is 481 g/mol. The molecule has 196 valence electrons. The second kappa shape index (κ2) is 8.43. The van der Waals surface area contributed by atoms with Crippen LogP contribution in [0, 0.1) is 22.7 Å². The van der Waals surface area contributed by atoms with E-state index in [-0.39, 0.29) is 24.8 Å². The van der Waals surface area contributed by atoms with Crippen LogP contribution in [-0.2, 0) is 19.1 Å². The van der Waals surface area contributed by atoms with Crippen molar-refractivity contribution in [3.8, 4) is 0 Å². The molecule has 0 aromatic carbocycles. The van der Waals surface area contributed by atoms with Gasteiger partial charge in [0, 0.05) is 16.7 Å². The summed E-state index contributed by atoms with van der Waals surface area (Å²) in [5, 5.41) is 10.8. The maximum atomic E-state index is 17.2. The van der Waals surface area contributed by atoms with Gasteiger partial charge in [-0.1, -0.05) is 38.6 Å². The first-order chi connectivity index (χ1) is 16.3. The van der Waals surface area contributed by atoms with E-state index in [2.05, 4.69) is 0 Å². The van der Waals surface area contributed by atoms with Crippen molar-refractivity contribution in [3.63, 3.8) is 0 Å². The van der Waals surface area contributed by atoms with Gasteiger partial charge in [-0.3, -0.25) is 9.59 Å². The summed E-state index contributed by atoms with van der Waals surface area (Å²) in [5.41, 5.74) is -6.40. The first-order valence-electron chi connectivity index (χ1n) is 12.3. The Balaban J connectivity index is 0.00000141. The van der Waals surface area contributed by atoms with Gasteiger partial charge in [0.05, 0.1) is 12.2 Å². The highest BCUT2D eigenvalue weighted by molar-refractivity contribution is 8.13. The molecule has 1 N–H and O–H groups in total. The summed E-state index contributed by atoms with van der Waals surface area (Å²) >= 11 is 0.481. The Labute approximate surface area is 208 Å². The van der Waals surface area contributed by atoms with Crippen LogP contribution in [-0.4, -0.2) is 57.4 Å².